The zero-order valence-corrected chi connectivity index (χ0v) is 25.0. The van der Waals surface area contributed by atoms with E-state index >= 15 is 0 Å². The van der Waals surface area contributed by atoms with Gasteiger partial charge in [0.1, 0.15) is 18.3 Å². The fraction of sp³-hybridized carbons (Fsp3) is 0.333. The monoisotopic (exact) mass is 596 g/mol. The second kappa shape index (κ2) is 14.4. The van der Waals surface area contributed by atoms with Crippen molar-refractivity contribution in [2.75, 3.05) is 24.5 Å². The van der Waals surface area contributed by atoms with Crippen molar-refractivity contribution in [1.29, 1.82) is 0 Å². The van der Waals surface area contributed by atoms with Gasteiger partial charge in [-0.3, -0.25) is 24.0 Å². The van der Waals surface area contributed by atoms with Gasteiger partial charge >= 0.3 is 0 Å². The summed E-state index contributed by atoms with van der Waals surface area (Å²) in [6.07, 6.45) is 1.66. The normalized spacial score (nSPS) is 11.8. The molecule has 1 N–H and O–H groups in total. The van der Waals surface area contributed by atoms with E-state index < -0.39 is 33.4 Å². The first-order valence-electron chi connectivity index (χ1n) is 13.5. The number of carbonyl (C=O) groups is 2. The highest BCUT2D eigenvalue weighted by Crippen LogP contribution is 2.29. The summed E-state index contributed by atoms with van der Waals surface area (Å²) in [4.78, 5) is 38.9. The van der Waals surface area contributed by atoms with Gasteiger partial charge in [0.2, 0.25) is 11.8 Å². The Hall–Kier alpha value is -4.45. The SMILES string of the molecule is CCCCNC(=O)[C@H](C)N(Cc1ccccc1)C(=O)CN(c1ccc(OC)cc1)S(=O)(=O)c1ccc(C)c([N+](=O)[O-])c1. The van der Waals surface area contributed by atoms with Crippen LogP contribution in [-0.4, -0.2) is 56.3 Å². The third kappa shape index (κ3) is 7.84. The van der Waals surface area contributed by atoms with E-state index in [2.05, 4.69) is 5.32 Å². The van der Waals surface area contributed by atoms with Crippen molar-refractivity contribution >= 4 is 33.2 Å². The highest BCUT2D eigenvalue weighted by Gasteiger charge is 2.33. The molecular formula is C30H36N4O7S. The number of rotatable bonds is 14. The molecule has 12 heteroatoms. The summed E-state index contributed by atoms with van der Waals surface area (Å²) in [6, 6.07) is 17.8. The van der Waals surface area contributed by atoms with E-state index in [1.807, 2.05) is 37.3 Å². The molecule has 0 unspecified atom stereocenters. The molecule has 0 aromatic heterocycles. The third-order valence-electron chi connectivity index (χ3n) is 6.80. The van der Waals surface area contributed by atoms with Gasteiger partial charge in [0.15, 0.2) is 0 Å². The molecule has 0 bridgehead atoms. The van der Waals surface area contributed by atoms with Crippen molar-refractivity contribution in [3.63, 3.8) is 0 Å². The van der Waals surface area contributed by atoms with Gasteiger partial charge in [-0.25, -0.2) is 8.42 Å². The Labute approximate surface area is 246 Å². The van der Waals surface area contributed by atoms with Gasteiger partial charge in [-0.05, 0) is 56.2 Å². The summed E-state index contributed by atoms with van der Waals surface area (Å²) in [5.41, 5.74) is 0.835. The van der Waals surface area contributed by atoms with Crippen molar-refractivity contribution in [1.82, 2.24) is 10.2 Å². The number of nitro benzene ring substituents is 1. The molecule has 0 aliphatic carbocycles. The molecular weight excluding hydrogens is 560 g/mol. The molecule has 0 aliphatic rings. The molecule has 0 saturated carbocycles. The van der Waals surface area contributed by atoms with Crippen LogP contribution in [0.5, 0.6) is 5.75 Å². The minimum absolute atomic E-state index is 0.0640. The number of anilines is 1. The average molecular weight is 597 g/mol. The smallest absolute Gasteiger partial charge is 0.273 e. The Kier molecular flexibility index (Phi) is 11.0. The molecule has 0 fully saturated rings. The van der Waals surface area contributed by atoms with Crippen LogP contribution in [0.25, 0.3) is 0 Å². The van der Waals surface area contributed by atoms with Crippen LogP contribution in [0.15, 0.2) is 77.7 Å². The van der Waals surface area contributed by atoms with Crippen LogP contribution in [0.2, 0.25) is 0 Å². The van der Waals surface area contributed by atoms with Gasteiger partial charge in [0, 0.05) is 24.7 Å². The summed E-state index contributed by atoms with van der Waals surface area (Å²) in [6.45, 7) is 4.96. The van der Waals surface area contributed by atoms with Crippen LogP contribution < -0.4 is 14.4 Å². The Bertz CT molecular complexity index is 1500. The maximum absolute atomic E-state index is 14.0. The summed E-state index contributed by atoms with van der Waals surface area (Å²) < 4.78 is 34.1. The van der Waals surface area contributed by atoms with Gasteiger partial charge in [-0.15, -0.1) is 0 Å². The standard InChI is InChI=1S/C30H36N4O7S/c1-5-6-18-31-30(36)23(3)32(20-24-10-8-7-9-11-24)29(35)21-33(25-13-15-26(41-4)16-14-25)42(39,40)27-17-12-22(2)28(19-27)34(37)38/h7-17,19,23H,5-6,18,20-21H2,1-4H3,(H,31,36)/t23-/m0/s1. The zero-order valence-electron chi connectivity index (χ0n) is 24.1. The van der Waals surface area contributed by atoms with Gasteiger partial charge in [-0.1, -0.05) is 49.7 Å². The summed E-state index contributed by atoms with van der Waals surface area (Å²) in [5, 5.41) is 14.4. The van der Waals surface area contributed by atoms with Crippen molar-refractivity contribution < 1.29 is 27.7 Å². The molecule has 0 saturated heterocycles. The van der Waals surface area contributed by atoms with Gasteiger partial charge < -0.3 is 15.0 Å². The van der Waals surface area contributed by atoms with E-state index in [4.69, 9.17) is 4.74 Å². The van der Waals surface area contributed by atoms with Gasteiger partial charge in [0.25, 0.3) is 15.7 Å². The van der Waals surface area contributed by atoms with Crippen molar-refractivity contribution in [2.45, 2.75) is 51.1 Å². The maximum Gasteiger partial charge on any atom is 0.273 e. The quantitative estimate of drug-likeness (QED) is 0.165. The lowest BCUT2D eigenvalue weighted by molar-refractivity contribution is -0.385. The molecule has 224 valence electrons. The Morgan fingerprint density at radius 2 is 1.71 bits per heavy atom. The molecule has 11 nitrogen and oxygen atoms in total. The summed E-state index contributed by atoms with van der Waals surface area (Å²) in [7, 11) is -3.01. The third-order valence-corrected chi connectivity index (χ3v) is 8.57. The molecule has 1 atom stereocenters. The minimum atomic E-state index is -4.47. The predicted molar refractivity (Wildman–Crippen MR) is 160 cm³/mol. The molecule has 0 radical (unpaired) electrons. The van der Waals surface area contributed by atoms with E-state index in [0.717, 1.165) is 28.8 Å². The molecule has 2 amide bonds. The fourth-order valence-electron chi connectivity index (χ4n) is 4.25. The lowest BCUT2D eigenvalue weighted by Gasteiger charge is -2.32. The number of nitrogens with zero attached hydrogens (tertiary/aromatic N) is 3. The molecule has 0 heterocycles. The van der Waals surface area contributed by atoms with Crippen LogP contribution in [-0.2, 0) is 26.2 Å². The minimum Gasteiger partial charge on any atom is -0.497 e. The average Bonchev–Trinajstić information content (AvgIpc) is 2.98. The highest BCUT2D eigenvalue weighted by atomic mass is 32.2. The van der Waals surface area contributed by atoms with Gasteiger partial charge in [-0.2, -0.15) is 0 Å². The lowest BCUT2D eigenvalue weighted by atomic mass is 10.1. The second-order valence-corrected chi connectivity index (χ2v) is 11.6. The van der Waals surface area contributed by atoms with Crippen molar-refractivity contribution in [3.05, 3.63) is 94.0 Å². The number of ether oxygens (including phenoxy) is 1. The number of hydrogen-bond donors (Lipinski definition) is 1. The first-order valence-corrected chi connectivity index (χ1v) is 15.0. The topological polar surface area (TPSA) is 139 Å². The summed E-state index contributed by atoms with van der Waals surface area (Å²) in [5.74, 6) is -0.518. The Balaban J connectivity index is 2.05. The van der Waals surface area contributed by atoms with E-state index in [1.165, 1.54) is 43.2 Å². The van der Waals surface area contributed by atoms with E-state index in [1.54, 1.807) is 19.1 Å². The first-order chi connectivity index (χ1) is 20.0. The van der Waals surface area contributed by atoms with Crippen molar-refractivity contribution in [3.8, 4) is 5.75 Å². The zero-order chi connectivity index (χ0) is 30.9. The number of methoxy groups -OCH3 is 1. The van der Waals surface area contributed by atoms with Gasteiger partial charge in [0.05, 0.1) is 22.6 Å². The van der Waals surface area contributed by atoms with Crippen LogP contribution in [0.4, 0.5) is 11.4 Å². The van der Waals surface area contributed by atoms with Crippen LogP contribution in [0, 0.1) is 17.0 Å². The van der Waals surface area contributed by atoms with Crippen LogP contribution in [0.1, 0.15) is 37.8 Å². The predicted octanol–water partition coefficient (Wildman–Crippen LogP) is 4.44. The van der Waals surface area contributed by atoms with E-state index in [-0.39, 0.29) is 28.7 Å². The number of nitrogens with one attached hydrogen (secondary N) is 1. The molecule has 0 aliphatic heterocycles. The number of benzene rings is 3. The number of amides is 2. The van der Waals surface area contributed by atoms with Crippen LogP contribution in [0.3, 0.4) is 0 Å². The molecule has 3 aromatic carbocycles. The fourth-order valence-corrected chi connectivity index (χ4v) is 5.68. The number of hydrogen-bond acceptors (Lipinski definition) is 7. The molecule has 0 spiro atoms. The highest BCUT2D eigenvalue weighted by molar-refractivity contribution is 7.92. The number of unbranched alkanes of at least 4 members (excludes halogenated alkanes) is 1. The number of sulfonamides is 1. The molecule has 3 rings (SSSR count). The second-order valence-electron chi connectivity index (χ2n) is 9.74. The van der Waals surface area contributed by atoms with Crippen LogP contribution >= 0.6 is 0 Å². The largest absolute Gasteiger partial charge is 0.497 e. The number of aryl methyl sites for hydroxylation is 1. The number of carbonyl (C=O) groups excluding carboxylic acids is 2. The molecule has 3 aromatic rings. The molecule has 42 heavy (non-hydrogen) atoms. The van der Waals surface area contributed by atoms with E-state index in [9.17, 15) is 28.1 Å². The summed E-state index contributed by atoms with van der Waals surface area (Å²) >= 11 is 0. The maximum atomic E-state index is 14.0. The number of nitro groups is 1. The Morgan fingerprint density at radius 3 is 2.31 bits per heavy atom. The lowest BCUT2D eigenvalue weighted by Crippen LogP contribution is -2.51. The Morgan fingerprint density at radius 1 is 1.05 bits per heavy atom. The first kappa shape index (κ1) is 32.1. The van der Waals surface area contributed by atoms with Crippen molar-refractivity contribution in [2.24, 2.45) is 0 Å². The van der Waals surface area contributed by atoms with E-state index in [0.29, 0.717) is 17.9 Å².